The molecule has 1 heterocycles. The topological polar surface area (TPSA) is 95.1 Å². The molecule has 0 aliphatic rings. The van der Waals surface area contributed by atoms with Gasteiger partial charge in [0.1, 0.15) is 5.82 Å². The van der Waals surface area contributed by atoms with Gasteiger partial charge in [-0.2, -0.15) is 5.10 Å². The first-order chi connectivity index (χ1) is 11.6. The van der Waals surface area contributed by atoms with Crippen LogP contribution in [0.2, 0.25) is 0 Å². The lowest BCUT2D eigenvalue weighted by atomic mass is 10.1. The second-order valence-corrected chi connectivity index (χ2v) is 5.21. The van der Waals surface area contributed by atoms with Gasteiger partial charge in [-0.1, -0.05) is 30.3 Å². The summed E-state index contributed by atoms with van der Waals surface area (Å²) in [7, 11) is 0. The summed E-state index contributed by atoms with van der Waals surface area (Å²) >= 11 is 0. The lowest BCUT2D eigenvalue weighted by Gasteiger charge is -2.17. The molecule has 0 spiro atoms. The number of benzene rings is 2. The monoisotopic (exact) mass is 327 g/mol. The van der Waals surface area contributed by atoms with E-state index < -0.39 is 17.8 Å². The summed E-state index contributed by atoms with van der Waals surface area (Å²) in [5.41, 5.74) is 0.214. The largest absolute Gasteiger partial charge is 0.394 e. The maximum Gasteiger partial charge on any atom is 0.272 e. The molecule has 6 nitrogen and oxygen atoms in total. The van der Waals surface area contributed by atoms with Gasteiger partial charge >= 0.3 is 0 Å². The van der Waals surface area contributed by atoms with E-state index in [1.54, 1.807) is 24.3 Å². The molecule has 7 heteroatoms. The van der Waals surface area contributed by atoms with Crippen molar-refractivity contribution in [2.24, 2.45) is 0 Å². The highest BCUT2D eigenvalue weighted by Gasteiger charge is 2.19. The Bertz CT molecular complexity index is 938. The molecule has 1 unspecified atom stereocenters. The van der Waals surface area contributed by atoms with Crippen molar-refractivity contribution in [1.29, 1.82) is 0 Å². The van der Waals surface area contributed by atoms with Crippen LogP contribution < -0.4 is 10.9 Å². The number of aliphatic hydroxyl groups is 1. The Morgan fingerprint density at radius 1 is 1.17 bits per heavy atom. The molecule has 122 valence electrons. The predicted molar refractivity (Wildman–Crippen MR) is 86.1 cm³/mol. The van der Waals surface area contributed by atoms with Crippen LogP contribution in [0.25, 0.3) is 10.8 Å². The number of amides is 1. The molecule has 1 amide bonds. The summed E-state index contributed by atoms with van der Waals surface area (Å²) in [6.07, 6.45) is 0. The number of hydrogen-bond acceptors (Lipinski definition) is 4. The lowest BCUT2D eigenvalue weighted by molar-refractivity contribution is 0.0912. The van der Waals surface area contributed by atoms with Gasteiger partial charge < -0.3 is 10.4 Å². The average molecular weight is 327 g/mol. The Kier molecular flexibility index (Phi) is 4.35. The van der Waals surface area contributed by atoms with Crippen LogP contribution in [0, 0.1) is 5.82 Å². The van der Waals surface area contributed by atoms with E-state index in [9.17, 15) is 19.1 Å². The molecule has 0 saturated heterocycles. The van der Waals surface area contributed by atoms with Crippen molar-refractivity contribution in [1.82, 2.24) is 15.5 Å². The molecule has 1 aromatic heterocycles. The van der Waals surface area contributed by atoms with Crippen LogP contribution in [0.15, 0.2) is 53.3 Å². The van der Waals surface area contributed by atoms with Crippen LogP contribution in [0.1, 0.15) is 22.1 Å². The Balaban J connectivity index is 1.93. The molecule has 1 atom stereocenters. The van der Waals surface area contributed by atoms with E-state index in [0.29, 0.717) is 16.3 Å². The van der Waals surface area contributed by atoms with Crippen molar-refractivity contribution in [2.75, 3.05) is 6.61 Å². The van der Waals surface area contributed by atoms with Gasteiger partial charge in [0, 0.05) is 5.39 Å². The van der Waals surface area contributed by atoms with Crippen molar-refractivity contribution < 1.29 is 14.3 Å². The second-order valence-electron chi connectivity index (χ2n) is 5.21. The van der Waals surface area contributed by atoms with Crippen molar-refractivity contribution in [2.45, 2.75) is 6.04 Å². The van der Waals surface area contributed by atoms with Crippen molar-refractivity contribution in [3.8, 4) is 0 Å². The number of hydrogen-bond donors (Lipinski definition) is 3. The average Bonchev–Trinajstić information content (AvgIpc) is 2.61. The van der Waals surface area contributed by atoms with Gasteiger partial charge in [0.2, 0.25) is 0 Å². The first kappa shape index (κ1) is 15.8. The number of rotatable bonds is 4. The fraction of sp³-hybridized carbons (Fsp3) is 0.118. The molecule has 3 rings (SSSR count). The summed E-state index contributed by atoms with van der Waals surface area (Å²) in [5, 5.41) is 19.0. The van der Waals surface area contributed by atoms with Crippen molar-refractivity contribution >= 4 is 16.7 Å². The zero-order chi connectivity index (χ0) is 17.1. The quantitative estimate of drug-likeness (QED) is 0.677. The number of aromatic amines is 1. The second kappa shape index (κ2) is 6.59. The van der Waals surface area contributed by atoms with E-state index in [0.717, 1.165) is 0 Å². The van der Waals surface area contributed by atoms with Crippen LogP contribution in [0.3, 0.4) is 0 Å². The standard InChI is InChI=1S/C17H14FN3O3/c18-11-7-5-10(6-8-11)14(9-22)19-17(24)15-12-3-1-2-4-13(12)16(23)21-20-15/h1-8,14,22H,9H2,(H,19,24)(H,21,23). The van der Waals surface area contributed by atoms with Crippen LogP contribution in [0.5, 0.6) is 0 Å². The fourth-order valence-electron chi connectivity index (χ4n) is 2.44. The summed E-state index contributed by atoms with van der Waals surface area (Å²) in [6.45, 7) is -0.362. The van der Waals surface area contributed by atoms with Crippen LogP contribution in [-0.2, 0) is 0 Å². The molecule has 0 aliphatic carbocycles. The Morgan fingerprint density at radius 3 is 2.50 bits per heavy atom. The molecule has 0 aliphatic heterocycles. The fourth-order valence-corrected chi connectivity index (χ4v) is 2.44. The molecule has 0 fully saturated rings. The normalized spacial score (nSPS) is 12.1. The van der Waals surface area contributed by atoms with Crippen LogP contribution >= 0.6 is 0 Å². The summed E-state index contributed by atoms with van der Waals surface area (Å²) in [5.74, 6) is -0.958. The number of aliphatic hydroxyl groups excluding tert-OH is 1. The van der Waals surface area contributed by atoms with Crippen LogP contribution in [-0.4, -0.2) is 27.8 Å². The Labute approximate surface area is 136 Å². The number of carbonyl (C=O) groups is 1. The maximum absolute atomic E-state index is 13.0. The highest BCUT2D eigenvalue weighted by atomic mass is 19.1. The highest BCUT2D eigenvalue weighted by Crippen LogP contribution is 2.16. The molecule has 0 saturated carbocycles. The number of carbonyl (C=O) groups excluding carboxylic acids is 1. The van der Waals surface area contributed by atoms with Gasteiger partial charge in [0.15, 0.2) is 5.69 Å². The van der Waals surface area contributed by atoms with E-state index in [1.165, 1.54) is 24.3 Å². The first-order valence-corrected chi connectivity index (χ1v) is 7.24. The molecule has 0 bridgehead atoms. The van der Waals surface area contributed by atoms with E-state index >= 15 is 0 Å². The van der Waals surface area contributed by atoms with Gasteiger partial charge in [0.05, 0.1) is 18.0 Å². The number of fused-ring (bicyclic) bond motifs is 1. The molecule has 3 aromatic rings. The minimum atomic E-state index is -0.717. The summed E-state index contributed by atoms with van der Waals surface area (Å²) in [6, 6.07) is 11.3. The minimum absolute atomic E-state index is 0.0470. The third-order valence-corrected chi connectivity index (χ3v) is 3.67. The van der Waals surface area contributed by atoms with Gasteiger partial charge in [-0.25, -0.2) is 9.49 Å². The Morgan fingerprint density at radius 2 is 1.83 bits per heavy atom. The molecule has 3 N–H and O–H groups in total. The van der Waals surface area contributed by atoms with Gasteiger partial charge in [-0.05, 0) is 23.8 Å². The van der Waals surface area contributed by atoms with Crippen LogP contribution in [0.4, 0.5) is 4.39 Å². The predicted octanol–water partition coefficient (Wildman–Crippen LogP) is 1.53. The number of nitrogens with one attached hydrogen (secondary N) is 2. The zero-order valence-electron chi connectivity index (χ0n) is 12.5. The number of aromatic nitrogens is 2. The third-order valence-electron chi connectivity index (χ3n) is 3.67. The van der Waals surface area contributed by atoms with Crippen molar-refractivity contribution in [3.05, 3.63) is 76.0 Å². The molecular weight excluding hydrogens is 313 g/mol. The molecule has 2 aromatic carbocycles. The third kappa shape index (κ3) is 3.02. The van der Waals surface area contributed by atoms with Gasteiger partial charge in [0.25, 0.3) is 11.5 Å². The van der Waals surface area contributed by atoms with Gasteiger partial charge in [-0.3, -0.25) is 9.59 Å². The van der Waals surface area contributed by atoms with E-state index in [1.807, 2.05) is 0 Å². The number of nitrogens with zero attached hydrogens (tertiary/aromatic N) is 1. The van der Waals surface area contributed by atoms with Gasteiger partial charge in [-0.15, -0.1) is 0 Å². The van der Waals surface area contributed by atoms with E-state index in [2.05, 4.69) is 15.5 Å². The molecular formula is C17H14FN3O3. The highest BCUT2D eigenvalue weighted by molar-refractivity contribution is 6.04. The Hall–Kier alpha value is -3.06. The van der Waals surface area contributed by atoms with Crippen molar-refractivity contribution in [3.63, 3.8) is 0 Å². The van der Waals surface area contributed by atoms with E-state index in [-0.39, 0.29) is 17.9 Å². The summed E-state index contributed by atoms with van der Waals surface area (Å²) in [4.78, 5) is 24.3. The smallest absolute Gasteiger partial charge is 0.272 e. The minimum Gasteiger partial charge on any atom is -0.394 e. The lowest BCUT2D eigenvalue weighted by Crippen LogP contribution is -2.32. The van der Waals surface area contributed by atoms with E-state index in [4.69, 9.17) is 0 Å². The number of H-pyrrole nitrogens is 1. The zero-order valence-corrected chi connectivity index (χ0v) is 12.5. The molecule has 0 radical (unpaired) electrons. The first-order valence-electron chi connectivity index (χ1n) is 7.24. The summed E-state index contributed by atoms with van der Waals surface area (Å²) < 4.78 is 13.0. The molecule has 24 heavy (non-hydrogen) atoms. The maximum atomic E-state index is 13.0. The SMILES string of the molecule is O=C(NC(CO)c1ccc(F)cc1)c1n[nH]c(=O)c2ccccc12. The number of halogens is 1.